The predicted molar refractivity (Wildman–Crippen MR) is 73.9 cm³/mol. The van der Waals surface area contributed by atoms with Gasteiger partial charge in [-0.25, -0.2) is 0 Å². The van der Waals surface area contributed by atoms with E-state index in [-0.39, 0.29) is 0 Å². The second-order valence-corrected chi connectivity index (χ2v) is 11.3. The van der Waals surface area contributed by atoms with Crippen LogP contribution in [0.1, 0.15) is 12.5 Å². The van der Waals surface area contributed by atoms with Crippen molar-refractivity contribution in [3.63, 3.8) is 0 Å². The molecule has 0 nitrogen and oxygen atoms in total. The first-order valence-corrected chi connectivity index (χ1v) is 9.57. The summed E-state index contributed by atoms with van der Waals surface area (Å²) >= 11 is -2.14. The van der Waals surface area contributed by atoms with Gasteiger partial charge in [0, 0.05) is 0 Å². The quantitative estimate of drug-likeness (QED) is 0.686. The van der Waals surface area contributed by atoms with E-state index in [9.17, 15) is 0 Å². The molecule has 0 amide bonds. The number of benzene rings is 1. The molecule has 1 aliphatic heterocycles. The van der Waals surface area contributed by atoms with Crippen LogP contribution in [0.25, 0.3) is 0 Å². The van der Waals surface area contributed by atoms with Crippen molar-refractivity contribution in [3.05, 3.63) is 53.2 Å². The molecule has 0 spiro atoms. The van der Waals surface area contributed by atoms with Crippen LogP contribution in [0.15, 0.2) is 44.1 Å². The maximum atomic E-state index is 4.51. The van der Waals surface area contributed by atoms with Crippen molar-refractivity contribution in [2.24, 2.45) is 0 Å². The second kappa shape index (κ2) is 3.46. The van der Waals surface area contributed by atoms with E-state index < -0.39 is 18.0 Å². The molecule has 0 bridgehead atoms. The van der Waals surface area contributed by atoms with Crippen molar-refractivity contribution in [1.29, 1.82) is 0 Å². The Morgan fingerprint density at radius 2 is 1.86 bits per heavy atom. The van der Waals surface area contributed by atoms with Gasteiger partial charge in [-0.05, 0) is 0 Å². The zero-order valence-electron chi connectivity index (χ0n) is 8.63. The number of hydrogen-bond donors (Lipinski definition) is 0. The van der Waals surface area contributed by atoms with E-state index in [1.165, 1.54) is 12.7 Å². The van der Waals surface area contributed by atoms with Gasteiger partial charge in [0.05, 0.1) is 0 Å². The van der Waals surface area contributed by atoms with E-state index in [0.29, 0.717) is 0 Å². The molecular formula is C13H15I. The van der Waals surface area contributed by atoms with Crippen molar-refractivity contribution < 1.29 is 0 Å². The van der Waals surface area contributed by atoms with Crippen LogP contribution < -0.4 is 0 Å². The Bertz CT molecular complexity index is 464. The van der Waals surface area contributed by atoms with Crippen molar-refractivity contribution in [3.8, 4) is 0 Å². The molecule has 74 valence electrons. The average Bonchev–Trinajstić information content (AvgIpc) is 2.49. The SMILES string of the molecule is C=I1(c2ccccc2C)C=CC=C1C. The fourth-order valence-electron chi connectivity index (χ4n) is 1.66. The van der Waals surface area contributed by atoms with Crippen LogP contribution in [0.3, 0.4) is 0 Å². The van der Waals surface area contributed by atoms with Gasteiger partial charge >= 0.3 is 89.5 Å². The Labute approximate surface area is 89.3 Å². The first kappa shape index (κ1) is 9.84. The predicted octanol–water partition coefficient (Wildman–Crippen LogP) is 4.07. The molecule has 0 N–H and O–H groups in total. The Hall–Kier alpha value is -0.700. The van der Waals surface area contributed by atoms with Crippen molar-refractivity contribution in [1.82, 2.24) is 0 Å². The van der Waals surface area contributed by atoms with Crippen LogP contribution >= 0.6 is 18.0 Å². The van der Waals surface area contributed by atoms with Crippen LogP contribution in [0, 0.1) is 10.5 Å². The molecule has 0 aliphatic carbocycles. The van der Waals surface area contributed by atoms with E-state index in [1.807, 2.05) is 0 Å². The fraction of sp³-hybridized carbons (Fsp3) is 0.154. The summed E-state index contributed by atoms with van der Waals surface area (Å²) < 4.78 is 9.84. The standard InChI is InChI=1S/C13H15I/c1-11-7-4-5-9-13(11)14(3)10-6-8-12(14)2/h4-10H,3H2,1-2H3. The molecular weight excluding hydrogens is 283 g/mol. The van der Waals surface area contributed by atoms with E-state index in [1.54, 1.807) is 0 Å². The number of allylic oxidation sites excluding steroid dienone is 3. The molecule has 1 aliphatic rings. The summed E-state index contributed by atoms with van der Waals surface area (Å²) in [6, 6.07) is 8.65. The summed E-state index contributed by atoms with van der Waals surface area (Å²) in [5, 5.41) is 0. The van der Waals surface area contributed by atoms with Crippen LogP contribution in [0.4, 0.5) is 0 Å². The monoisotopic (exact) mass is 298 g/mol. The Kier molecular flexibility index (Phi) is 2.43. The van der Waals surface area contributed by atoms with Gasteiger partial charge in [0.2, 0.25) is 0 Å². The summed E-state index contributed by atoms with van der Waals surface area (Å²) in [5.41, 5.74) is 1.39. The Morgan fingerprint density at radius 1 is 1.14 bits per heavy atom. The Morgan fingerprint density at radius 3 is 2.43 bits per heavy atom. The van der Waals surface area contributed by atoms with E-state index in [0.717, 1.165) is 0 Å². The molecule has 0 radical (unpaired) electrons. The van der Waals surface area contributed by atoms with Gasteiger partial charge in [0.1, 0.15) is 0 Å². The van der Waals surface area contributed by atoms with Crippen molar-refractivity contribution in [2.75, 3.05) is 0 Å². The summed E-state index contributed by atoms with van der Waals surface area (Å²) in [4.78, 5) is 0. The van der Waals surface area contributed by atoms with Crippen molar-refractivity contribution in [2.45, 2.75) is 13.8 Å². The number of hydrogen-bond acceptors (Lipinski definition) is 0. The number of rotatable bonds is 1. The number of aryl methyl sites for hydroxylation is 1. The third kappa shape index (κ3) is 1.40. The summed E-state index contributed by atoms with van der Waals surface area (Å²) in [6.45, 7) is 4.40. The Balaban J connectivity index is 2.62. The fourth-order valence-corrected chi connectivity index (χ4v) is 7.85. The second-order valence-electron chi connectivity index (χ2n) is 3.56. The average molecular weight is 298 g/mol. The molecule has 0 aromatic heterocycles. The van der Waals surface area contributed by atoms with Gasteiger partial charge in [-0.1, -0.05) is 0 Å². The molecule has 0 saturated heterocycles. The zero-order chi connectivity index (χ0) is 10.2. The van der Waals surface area contributed by atoms with E-state index >= 15 is 0 Å². The van der Waals surface area contributed by atoms with Crippen molar-refractivity contribution >= 4 is 22.5 Å². The molecule has 1 atom stereocenters. The molecule has 0 fully saturated rings. The molecule has 1 unspecified atom stereocenters. The van der Waals surface area contributed by atoms with Crippen LogP contribution in [0.2, 0.25) is 0 Å². The normalized spacial score (nSPS) is 29.7. The zero-order valence-corrected chi connectivity index (χ0v) is 10.8. The molecule has 1 heterocycles. The molecule has 14 heavy (non-hydrogen) atoms. The van der Waals surface area contributed by atoms with Gasteiger partial charge in [-0.2, -0.15) is 0 Å². The third-order valence-electron chi connectivity index (χ3n) is 2.59. The van der Waals surface area contributed by atoms with Gasteiger partial charge in [0.25, 0.3) is 0 Å². The topological polar surface area (TPSA) is 0 Å². The first-order chi connectivity index (χ1) is 6.64. The number of halogens is 1. The van der Waals surface area contributed by atoms with E-state index in [4.69, 9.17) is 0 Å². The van der Waals surface area contributed by atoms with Crippen LogP contribution in [-0.2, 0) is 0 Å². The van der Waals surface area contributed by atoms with Gasteiger partial charge < -0.3 is 0 Å². The summed E-state index contributed by atoms with van der Waals surface area (Å²) in [6.07, 6.45) is 4.39. The molecule has 1 heteroatoms. The van der Waals surface area contributed by atoms with Crippen LogP contribution in [-0.4, -0.2) is 4.51 Å². The minimum absolute atomic E-state index is 1.39. The van der Waals surface area contributed by atoms with Gasteiger partial charge in [0.15, 0.2) is 0 Å². The van der Waals surface area contributed by atoms with Gasteiger partial charge in [-0.3, -0.25) is 0 Å². The summed E-state index contributed by atoms with van der Waals surface area (Å²) in [7, 11) is 0. The minimum atomic E-state index is -2.14. The summed E-state index contributed by atoms with van der Waals surface area (Å²) in [5.74, 6) is 0. The van der Waals surface area contributed by atoms with Gasteiger partial charge in [-0.15, -0.1) is 0 Å². The molecule has 0 saturated carbocycles. The molecule has 2 rings (SSSR count). The maximum absolute atomic E-state index is 4.51. The first-order valence-electron chi connectivity index (χ1n) is 4.65. The molecule has 1 aromatic carbocycles. The molecule has 1 aromatic rings. The van der Waals surface area contributed by atoms with E-state index in [2.05, 4.69) is 58.9 Å². The third-order valence-corrected chi connectivity index (χ3v) is 10.9. The van der Waals surface area contributed by atoms with Crippen LogP contribution in [0.5, 0.6) is 0 Å².